The molecule has 2 rings (SSSR count). The first-order chi connectivity index (χ1) is 7.74. The lowest BCUT2D eigenvalue weighted by Crippen LogP contribution is -2.14. The third-order valence-electron chi connectivity index (χ3n) is 2.52. The Morgan fingerprint density at radius 3 is 2.94 bits per heavy atom. The Morgan fingerprint density at radius 2 is 2.19 bits per heavy atom. The van der Waals surface area contributed by atoms with Gasteiger partial charge in [-0.05, 0) is 24.6 Å². The summed E-state index contributed by atoms with van der Waals surface area (Å²) in [6.07, 6.45) is 1.81. The van der Waals surface area contributed by atoms with Crippen molar-refractivity contribution >= 4 is 32.5 Å². The molecule has 0 unspecified atom stereocenters. The number of anilines is 1. The maximum absolute atomic E-state index is 5.49. The molecule has 0 aliphatic rings. The smallest absolute Gasteiger partial charge is 0.134 e. The van der Waals surface area contributed by atoms with Gasteiger partial charge in [0.1, 0.15) is 5.82 Å². The molecule has 0 aliphatic carbocycles. The van der Waals surface area contributed by atoms with Crippen LogP contribution < -0.4 is 11.1 Å². The van der Waals surface area contributed by atoms with Gasteiger partial charge in [-0.2, -0.15) is 0 Å². The van der Waals surface area contributed by atoms with Gasteiger partial charge in [-0.1, -0.05) is 22.0 Å². The van der Waals surface area contributed by atoms with Crippen LogP contribution in [-0.2, 0) is 0 Å². The third kappa shape index (κ3) is 2.03. The molecule has 1 heterocycles. The average Bonchev–Trinajstić information content (AvgIpc) is 2.31. The van der Waals surface area contributed by atoms with E-state index in [2.05, 4.69) is 45.3 Å². The van der Waals surface area contributed by atoms with Crippen LogP contribution in [0, 0.1) is 6.92 Å². The minimum absolute atomic E-state index is 0.602. The van der Waals surface area contributed by atoms with Gasteiger partial charge in [-0.3, -0.25) is 0 Å². The van der Waals surface area contributed by atoms with Gasteiger partial charge >= 0.3 is 0 Å². The number of fused-ring (bicyclic) bond motifs is 1. The molecule has 4 heteroatoms. The number of pyridine rings is 1. The molecule has 0 spiro atoms. The molecule has 1 aromatic carbocycles. The normalized spacial score (nSPS) is 10.7. The van der Waals surface area contributed by atoms with Gasteiger partial charge in [0.25, 0.3) is 0 Å². The fourth-order valence-corrected chi connectivity index (χ4v) is 2.22. The van der Waals surface area contributed by atoms with Crippen LogP contribution in [0.4, 0.5) is 5.82 Å². The maximum atomic E-state index is 5.49. The summed E-state index contributed by atoms with van der Waals surface area (Å²) in [7, 11) is 0. The number of hydrogen-bond donors (Lipinski definition) is 2. The van der Waals surface area contributed by atoms with E-state index in [1.165, 1.54) is 10.9 Å². The fraction of sp³-hybridized carbons (Fsp3) is 0.250. The minimum Gasteiger partial charge on any atom is -0.368 e. The second-order valence-corrected chi connectivity index (χ2v) is 4.52. The number of nitrogens with zero attached hydrogens (tertiary/aromatic N) is 1. The third-order valence-corrected chi connectivity index (χ3v) is 3.21. The lowest BCUT2D eigenvalue weighted by atomic mass is 10.1. The molecular weight excluding hydrogens is 266 g/mol. The van der Waals surface area contributed by atoms with Crippen molar-refractivity contribution in [2.75, 3.05) is 18.4 Å². The van der Waals surface area contributed by atoms with Gasteiger partial charge in [-0.15, -0.1) is 0 Å². The van der Waals surface area contributed by atoms with Crippen molar-refractivity contribution in [3.05, 3.63) is 34.4 Å². The Kier molecular flexibility index (Phi) is 3.41. The largest absolute Gasteiger partial charge is 0.368 e. The van der Waals surface area contributed by atoms with E-state index in [9.17, 15) is 0 Å². The van der Waals surface area contributed by atoms with E-state index in [-0.39, 0.29) is 0 Å². The highest BCUT2D eigenvalue weighted by Gasteiger charge is 2.06. The molecule has 0 atom stereocenters. The second-order valence-electron chi connectivity index (χ2n) is 3.66. The zero-order chi connectivity index (χ0) is 11.5. The van der Waals surface area contributed by atoms with E-state index in [1.54, 1.807) is 0 Å². The van der Waals surface area contributed by atoms with Gasteiger partial charge in [0, 0.05) is 34.5 Å². The van der Waals surface area contributed by atoms with Crippen LogP contribution >= 0.6 is 15.9 Å². The molecular formula is C12H14BrN3. The number of nitrogens with one attached hydrogen (secondary N) is 1. The van der Waals surface area contributed by atoms with E-state index in [0.717, 1.165) is 22.2 Å². The van der Waals surface area contributed by atoms with Crippen LogP contribution in [0.2, 0.25) is 0 Å². The van der Waals surface area contributed by atoms with Crippen molar-refractivity contribution in [1.82, 2.24) is 4.98 Å². The highest BCUT2D eigenvalue weighted by atomic mass is 79.9. The van der Waals surface area contributed by atoms with E-state index in [1.807, 2.05) is 12.3 Å². The Balaban J connectivity index is 2.61. The molecule has 0 bridgehead atoms. The predicted molar refractivity (Wildman–Crippen MR) is 71.7 cm³/mol. The first-order valence-electron chi connectivity index (χ1n) is 5.22. The number of halogens is 1. The van der Waals surface area contributed by atoms with Crippen LogP contribution in [0.25, 0.3) is 10.8 Å². The highest BCUT2D eigenvalue weighted by Crippen LogP contribution is 2.30. The maximum Gasteiger partial charge on any atom is 0.134 e. The van der Waals surface area contributed by atoms with Crippen molar-refractivity contribution in [3.63, 3.8) is 0 Å². The standard InChI is InChI=1S/C12H14BrN3/c1-8-2-3-10(13)9-4-6-15-12(11(8)9)16-7-5-14/h2-4,6H,5,7,14H2,1H3,(H,15,16). The molecule has 1 aromatic heterocycles. The van der Waals surface area contributed by atoms with Crippen molar-refractivity contribution in [2.45, 2.75) is 6.92 Å². The van der Waals surface area contributed by atoms with Gasteiger partial charge in [0.05, 0.1) is 0 Å². The van der Waals surface area contributed by atoms with E-state index < -0.39 is 0 Å². The van der Waals surface area contributed by atoms with Crippen molar-refractivity contribution in [1.29, 1.82) is 0 Å². The summed E-state index contributed by atoms with van der Waals surface area (Å²) >= 11 is 3.55. The van der Waals surface area contributed by atoms with Crippen molar-refractivity contribution < 1.29 is 0 Å². The van der Waals surface area contributed by atoms with Crippen LogP contribution in [0.15, 0.2) is 28.9 Å². The van der Waals surface area contributed by atoms with Crippen LogP contribution in [0.3, 0.4) is 0 Å². The molecule has 0 aliphatic heterocycles. The molecule has 0 radical (unpaired) electrons. The summed E-state index contributed by atoms with van der Waals surface area (Å²) < 4.78 is 1.09. The minimum atomic E-state index is 0.602. The fourth-order valence-electron chi connectivity index (χ4n) is 1.76. The first kappa shape index (κ1) is 11.4. The summed E-state index contributed by atoms with van der Waals surface area (Å²) in [5.41, 5.74) is 6.70. The molecule has 3 nitrogen and oxygen atoms in total. The number of hydrogen-bond acceptors (Lipinski definition) is 3. The lowest BCUT2D eigenvalue weighted by molar-refractivity contribution is 1.01. The van der Waals surface area contributed by atoms with Crippen molar-refractivity contribution in [3.8, 4) is 0 Å². The first-order valence-corrected chi connectivity index (χ1v) is 6.01. The van der Waals surface area contributed by atoms with E-state index >= 15 is 0 Å². The summed E-state index contributed by atoms with van der Waals surface area (Å²) in [4.78, 5) is 4.36. The van der Waals surface area contributed by atoms with Gasteiger partial charge < -0.3 is 11.1 Å². The number of rotatable bonds is 3. The number of aryl methyl sites for hydroxylation is 1. The average molecular weight is 280 g/mol. The summed E-state index contributed by atoms with van der Waals surface area (Å²) in [6, 6.07) is 6.16. The number of nitrogens with two attached hydrogens (primary N) is 1. The second kappa shape index (κ2) is 4.80. The molecule has 0 fully saturated rings. The van der Waals surface area contributed by atoms with Crippen molar-refractivity contribution in [2.24, 2.45) is 5.73 Å². The Bertz CT molecular complexity index is 511. The molecule has 0 saturated carbocycles. The predicted octanol–water partition coefficient (Wildman–Crippen LogP) is 2.68. The van der Waals surface area contributed by atoms with Crippen LogP contribution in [0.5, 0.6) is 0 Å². The van der Waals surface area contributed by atoms with Crippen LogP contribution in [0.1, 0.15) is 5.56 Å². The van der Waals surface area contributed by atoms with E-state index in [4.69, 9.17) is 5.73 Å². The van der Waals surface area contributed by atoms with Crippen LogP contribution in [-0.4, -0.2) is 18.1 Å². The molecule has 2 aromatic rings. The molecule has 3 N–H and O–H groups in total. The molecule has 0 saturated heterocycles. The SMILES string of the molecule is Cc1ccc(Br)c2ccnc(NCCN)c12. The lowest BCUT2D eigenvalue weighted by Gasteiger charge is -2.10. The number of aromatic nitrogens is 1. The Hall–Kier alpha value is -1.13. The summed E-state index contributed by atoms with van der Waals surface area (Å²) in [5.74, 6) is 0.904. The molecule has 0 amide bonds. The zero-order valence-corrected chi connectivity index (χ0v) is 10.7. The number of benzene rings is 1. The molecule has 16 heavy (non-hydrogen) atoms. The Labute approximate surface area is 103 Å². The topological polar surface area (TPSA) is 50.9 Å². The quantitative estimate of drug-likeness (QED) is 0.908. The van der Waals surface area contributed by atoms with Gasteiger partial charge in [-0.25, -0.2) is 4.98 Å². The van der Waals surface area contributed by atoms with Gasteiger partial charge in [0.2, 0.25) is 0 Å². The zero-order valence-electron chi connectivity index (χ0n) is 9.13. The summed E-state index contributed by atoms with van der Waals surface area (Å²) in [5, 5.41) is 5.58. The van der Waals surface area contributed by atoms with Gasteiger partial charge in [0.15, 0.2) is 0 Å². The van der Waals surface area contributed by atoms with E-state index in [0.29, 0.717) is 6.54 Å². The molecule has 84 valence electrons. The summed E-state index contributed by atoms with van der Waals surface area (Å²) in [6.45, 7) is 3.42. The highest BCUT2D eigenvalue weighted by molar-refractivity contribution is 9.10. The Morgan fingerprint density at radius 1 is 1.38 bits per heavy atom. The monoisotopic (exact) mass is 279 g/mol.